The Morgan fingerprint density at radius 3 is 2.69 bits per heavy atom. The molecule has 0 bridgehead atoms. The summed E-state index contributed by atoms with van der Waals surface area (Å²) in [6, 6.07) is 0.228. The second-order valence-electron chi connectivity index (χ2n) is 5.12. The number of rotatable bonds is 3. The average molecular weight is 240 g/mol. The van der Waals surface area contributed by atoms with Crippen molar-refractivity contribution in [1.29, 1.82) is 0 Å². The molecule has 1 unspecified atom stereocenters. The minimum absolute atomic E-state index is 0.159. The van der Waals surface area contributed by atoms with E-state index in [9.17, 15) is 4.79 Å². The number of likely N-dealkylation sites (tertiary alicyclic amines) is 1. The smallest absolute Gasteiger partial charge is 0.355 e. The minimum atomic E-state index is -0.946. The molecule has 1 atom stereocenters. The molecule has 1 N–H and O–H groups in total. The van der Waals surface area contributed by atoms with Gasteiger partial charge in [-0.1, -0.05) is 13.8 Å². The Morgan fingerprint density at radius 2 is 2.25 bits per heavy atom. The molecule has 1 saturated heterocycles. The van der Waals surface area contributed by atoms with Gasteiger partial charge >= 0.3 is 5.97 Å². The normalized spacial score (nSPS) is 21.4. The third kappa shape index (κ3) is 2.10. The first kappa shape index (κ1) is 11.5. The fourth-order valence-electron chi connectivity index (χ4n) is 2.06. The molecular weight excluding hydrogens is 224 g/mol. The molecule has 0 saturated carbocycles. The molecule has 0 amide bonds. The molecule has 88 valence electrons. The lowest BCUT2D eigenvalue weighted by Gasteiger charge is -2.48. The van der Waals surface area contributed by atoms with Crippen molar-refractivity contribution in [1.82, 2.24) is 9.88 Å². The van der Waals surface area contributed by atoms with Crippen molar-refractivity contribution in [3.63, 3.8) is 0 Å². The second kappa shape index (κ2) is 3.82. The summed E-state index contributed by atoms with van der Waals surface area (Å²) in [7, 11) is 0. The van der Waals surface area contributed by atoms with E-state index in [0.717, 1.165) is 18.1 Å². The van der Waals surface area contributed by atoms with Crippen molar-refractivity contribution in [3.05, 3.63) is 16.1 Å². The van der Waals surface area contributed by atoms with Crippen LogP contribution in [0.3, 0.4) is 0 Å². The first-order valence-corrected chi connectivity index (χ1v) is 6.20. The predicted molar refractivity (Wildman–Crippen MR) is 62.8 cm³/mol. The Kier molecular flexibility index (Phi) is 2.75. The van der Waals surface area contributed by atoms with Gasteiger partial charge in [-0.25, -0.2) is 9.78 Å². The maximum absolute atomic E-state index is 10.7. The van der Waals surface area contributed by atoms with Gasteiger partial charge in [0.15, 0.2) is 5.69 Å². The number of thiazole rings is 1. The van der Waals surface area contributed by atoms with Crippen LogP contribution in [0.4, 0.5) is 0 Å². The van der Waals surface area contributed by atoms with E-state index >= 15 is 0 Å². The quantitative estimate of drug-likeness (QED) is 0.880. The lowest BCUT2D eigenvalue weighted by atomic mass is 9.83. The molecule has 1 aromatic heterocycles. The first-order chi connectivity index (χ1) is 7.39. The molecule has 1 aliphatic rings. The zero-order valence-electron chi connectivity index (χ0n) is 9.73. The molecule has 2 rings (SSSR count). The van der Waals surface area contributed by atoms with Gasteiger partial charge in [0.25, 0.3) is 0 Å². The Morgan fingerprint density at radius 1 is 1.62 bits per heavy atom. The number of hydrogen-bond donors (Lipinski definition) is 1. The molecular formula is C11H16N2O2S. The van der Waals surface area contributed by atoms with Crippen molar-refractivity contribution in [3.8, 4) is 0 Å². The highest BCUT2D eigenvalue weighted by Gasteiger charge is 2.37. The van der Waals surface area contributed by atoms with E-state index in [-0.39, 0.29) is 11.7 Å². The van der Waals surface area contributed by atoms with Gasteiger partial charge in [-0.15, -0.1) is 11.3 Å². The maximum Gasteiger partial charge on any atom is 0.355 e. The fraction of sp³-hybridized carbons (Fsp3) is 0.636. The van der Waals surface area contributed by atoms with Crippen LogP contribution >= 0.6 is 11.3 Å². The summed E-state index contributed by atoms with van der Waals surface area (Å²) in [5, 5.41) is 11.3. The van der Waals surface area contributed by atoms with Gasteiger partial charge in [0, 0.05) is 18.5 Å². The van der Waals surface area contributed by atoms with Crippen LogP contribution in [0.15, 0.2) is 5.38 Å². The van der Waals surface area contributed by atoms with E-state index in [1.54, 1.807) is 5.38 Å². The highest BCUT2D eigenvalue weighted by atomic mass is 32.1. The first-order valence-electron chi connectivity index (χ1n) is 5.32. The van der Waals surface area contributed by atoms with Crippen LogP contribution in [-0.4, -0.2) is 34.0 Å². The largest absolute Gasteiger partial charge is 0.476 e. The van der Waals surface area contributed by atoms with E-state index in [1.165, 1.54) is 11.3 Å². The SMILES string of the molecule is CC(c1nc(C(=O)O)cs1)N1CC(C)(C)C1. The second-order valence-corrected chi connectivity index (χ2v) is 6.01. The van der Waals surface area contributed by atoms with Crippen LogP contribution in [0, 0.1) is 5.41 Å². The molecule has 0 aliphatic carbocycles. The lowest BCUT2D eigenvalue weighted by molar-refractivity contribution is -0.00109. The van der Waals surface area contributed by atoms with Crippen molar-refractivity contribution >= 4 is 17.3 Å². The number of nitrogens with zero attached hydrogens (tertiary/aromatic N) is 2. The van der Waals surface area contributed by atoms with Gasteiger partial charge in [0.05, 0.1) is 6.04 Å². The van der Waals surface area contributed by atoms with Crippen LogP contribution in [0.1, 0.15) is 42.3 Å². The summed E-state index contributed by atoms with van der Waals surface area (Å²) in [6.45, 7) is 8.66. The Balaban J connectivity index is 2.04. The van der Waals surface area contributed by atoms with Crippen LogP contribution in [-0.2, 0) is 0 Å². The molecule has 2 heterocycles. The Labute approximate surface area is 98.9 Å². The molecule has 1 fully saturated rings. The summed E-state index contributed by atoms with van der Waals surface area (Å²) >= 11 is 1.43. The van der Waals surface area contributed by atoms with Crippen molar-refractivity contribution in [2.45, 2.75) is 26.8 Å². The standard InChI is InChI=1S/C11H16N2O2S/c1-7(13-5-11(2,3)6-13)9-12-8(4-16-9)10(14)15/h4,7H,5-6H2,1-3H3,(H,14,15). The van der Waals surface area contributed by atoms with Gasteiger partial charge in [0.1, 0.15) is 5.01 Å². The van der Waals surface area contributed by atoms with Gasteiger partial charge in [0.2, 0.25) is 0 Å². The highest BCUT2D eigenvalue weighted by molar-refractivity contribution is 7.09. The van der Waals surface area contributed by atoms with E-state index in [0.29, 0.717) is 5.41 Å². The number of carboxylic acid groups (broad SMARTS) is 1. The van der Waals surface area contributed by atoms with E-state index < -0.39 is 5.97 Å². The summed E-state index contributed by atoms with van der Waals surface area (Å²) in [5.41, 5.74) is 0.549. The van der Waals surface area contributed by atoms with E-state index in [4.69, 9.17) is 5.11 Å². The topological polar surface area (TPSA) is 53.4 Å². The van der Waals surface area contributed by atoms with Crippen LogP contribution in [0.2, 0.25) is 0 Å². The van der Waals surface area contributed by atoms with Crippen molar-refractivity contribution in [2.75, 3.05) is 13.1 Å². The third-order valence-corrected chi connectivity index (χ3v) is 3.92. The van der Waals surface area contributed by atoms with Crippen molar-refractivity contribution in [2.24, 2.45) is 5.41 Å². The number of hydrogen-bond acceptors (Lipinski definition) is 4. The molecule has 5 heteroatoms. The number of carboxylic acids is 1. The molecule has 0 spiro atoms. The van der Waals surface area contributed by atoms with Gasteiger partial charge < -0.3 is 5.11 Å². The molecule has 16 heavy (non-hydrogen) atoms. The zero-order valence-corrected chi connectivity index (χ0v) is 10.5. The summed E-state index contributed by atoms with van der Waals surface area (Å²) in [6.07, 6.45) is 0. The minimum Gasteiger partial charge on any atom is -0.476 e. The Hall–Kier alpha value is -0.940. The van der Waals surface area contributed by atoms with Crippen LogP contribution in [0.25, 0.3) is 0 Å². The molecule has 0 aromatic carbocycles. The summed E-state index contributed by atoms with van der Waals surface area (Å²) in [4.78, 5) is 17.2. The van der Waals surface area contributed by atoms with E-state index in [2.05, 4.69) is 30.7 Å². The molecule has 4 nitrogen and oxygen atoms in total. The monoisotopic (exact) mass is 240 g/mol. The maximum atomic E-state index is 10.7. The van der Waals surface area contributed by atoms with Gasteiger partial charge in [-0.3, -0.25) is 4.90 Å². The molecule has 1 aromatic rings. The van der Waals surface area contributed by atoms with Crippen LogP contribution < -0.4 is 0 Å². The summed E-state index contributed by atoms with van der Waals surface area (Å²) < 4.78 is 0. The predicted octanol–water partition coefficient (Wildman–Crippen LogP) is 2.24. The van der Waals surface area contributed by atoms with E-state index in [1.807, 2.05) is 0 Å². The lowest BCUT2D eigenvalue weighted by Crippen LogP contribution is -2.53. The number of aromatic carboxylic acids is 1. The summed E-state index contributed by atoms with van der Waals surface area (Å²) in [5.74, 6) is -0.946. The average Bonchev–Trinajstić information content (AvgIpc) is 2.61. The van der Waals surface area contributed by atoms with Gasteiger partial charge in [-0.2, -0.15) is 0 Å². The molecule has 0 radical (unpaired) electrons. The number of carbonyl (C=O) groups is 1. The van der Waals surface area contributed by atoms with Crippen LogP contribution in [0.5, 0.6) is 0 Å². The molecule has 1 aliphatic heterocycles. The fourth-order valence-corrected chi connectivity index (χ4v) is 2.94. The zero-order chi connectivity index (χ0) is 11.9. The highest BCUT2D eigenvalue weighted by Crippen LogP contribution is 2.36. The Bertz CT molecular complexity index is 406. The van der Waals surface area contributed by atoms with Crippen molar-refractivity contribution < 1.29 is 9.90 Å². The number of aromatic nitrogens is 1. The van der Waals surface area contributed by atoms with Gasteiger partial charge in [-0.05, 0) is 12.3 Å². The third-order valence-electron chi connectivity index (χ3n) is 2.91.